The van der Waals surface area contributed by atoms with E-state index in [1.165, 1.54) is 6.20 Å². The topological polar surface area (TPSA) is 12.0 Å². The molecule has 0 bridgehead atoms. The molecule has 0 saturated heterocycles. The quantitative estimate of drug-likeness (QED) is 0.658. The SMILES string of the molecule is FC(F)C(F)C1CCC=CN1. The van der Waals surface area contributed by atoms with Crippen molar-refractivity contribution in [2.24, 2.45) is 0 Å². The van der Waals surface area contributed by atoms with E-state index in [0.29, 0.717) is 12.8 Å². The highest BCUT2D eigenvalue weighted by Crippen LogP contribution is 2.16. The Morgan fingerprint density at radius 1 is 1.36 bits per heavy atom. The van der Waals surface area contributed by atoms with Crippen molar-refractivity contribution in [2.75, 3.05) is 0 Å². The van der Waals surface area contributed by atoms with Crippen LogP contribution in [0.5, 0.6) is 0 Å². The molecular weight excluding hydrogens is 155 g/mol. The number of rotatable bonds is 2. The zero-order chi connectivity index (χ0) is 8.27. The summed E-state index contributed by atoms with van der Waals surface area (Å²) in [6, 6.07) is -0.708. The van der Waals surface area contributed by atoms with Crippen LogP contribution in [0.4, 0.5) is 13.2 Å². The molecule has 0 aliphatic carbocycles. The van der Waals surface area contributed by atoms with E-state index >= 15 is 0 Å². The highest BCUT2D eigenvalue weighted by Gasteiger charge is 2.29. The third-order valence-corrected chi connectivity index (χ3v) is 1.70. The standard InChI is InChI=1S/C7H10F3N/c8-6(7(9)10)5-3-1-2-4-11-5/h2,4-7,11H,1,3H2. The van der Waals surface area contributed by atoms with Crippen molar-refractivity contribution in [3.05, 3.63) is 12.3 Å². The molecule has 0 aromatic heterocycles. The molecule has 0 radical (unpaired) electrons. The summed E-state index contributed by atoms with van der Waals surface area (Å²) in [5, 5.41) is 2.56. The van der Waals surface area contributed by atoms with Crippen molar-refractivity contribution in [1.29, 1.82) is 0 Å². The van der Waals surface area contributed by atoms with Crippen LogP contribution in [0, 0.1) is 0 Å². The van der Waals surface area contributed by atoms with Crippen LogP contribution < -0.4 is 5.32 Å². The minimum Gasteiger partial charge on any atom is -0.385 e. The van der Waals surface area contributed by atoms with Gasteiger partial charge in [-0.2, -0.15) is 0 Å². The Morgan fingerprint density at radius 3 is 2.55 bits per heavy atom. The molecule has 1 N–H and O–H groups in total. The van der Waals surface area contributed by atoms with E-state index in [9.17, 15) is 13.2 Å². The number of halogens is 3. The molecule has 2 unspecified atom stereocenters. The lowest BCUT2D eigenvalue weighted by Gasteiger charge is -2.22. The van der Waals surface area contributed by atoms with Crippen LogP contribution in [0.25, 0.3) is 0 Å². The van der Waals surface area contributed by atoms with Crippen molar-refractivity contribution < 1.29 is 13.2 Å². The van der Waals surface area contributed by atoms with E-state index in [2.05, 4.69) is 5.32 Å². The first kappa shape index (κ1) is 8.43. The Kier molecular flexibility index (Phi) is 2.79. The van der Waals surface area contributed by atoms with Gasteiger partial charge in [0.2, 0.25) is 0 Å². The number of hydrogen-bond donors (Lipinski definition) is 1. The largest absolute Gasteiger partial charge is 0.385 e. The summed E-state index contributed by atoms with van der Waals surface area (Å²) in [6.45, 7) is 0. The summed E-state index contributed by atoms with van der Waals surface area (Å²) < 4.78 is 36.1. The van der Waals surface area contributed by atoms with Gasteiger partial charge in [-0.25, -0.2) is 13.2 Å². The zero-order valence-corrected chi connectivity index (χ0v) is 5.93. The Balaban J connectivity index is 2.40. The molecule has 0 spiro atoms. The first-order chi connectivity index (χ1) is 5.22. The molecule has 1 aliphatic heterocycles. The summed E-state index contributed by atoms with van der Waals surface area (Å²) in [6.07, 6.45) is -0.469. The van der Waals surface area contributed by atoms with Crippen LogP contribution >= 0.6 is 0 Å². The second-order valence-corrected chi connectivity index (χ2v) is 2.53. The fourth-order valence-corrected chi connectivity index (χ4v) is 1.06. The van der Waals surface area contributed by atoms with Crippen LogP contribution in [-0.2, 0) is 0 Å². The van der Waals surface area contributed by atoms with E-state index in [-0.39, 0.29) is 0 Å². The first-order valence-corrected chi connectivity index (χ1v) is 3.55. The van der Waals surface area contributed by atoms with Gasteiger partial charge in [0.25, 0.3) is 6.43 Å². The maximum Gasteiger partial charge on any atom is 0.271 e. The number of hydrogen-bond acceptors (Lipinski definition) is 1. The van der Waals surface area contributed by atoms with Crippen molar-refractivity contribution in [2.45, 2.75) is 31.5 Å². The molecule has 11 heavy (non-hydrogen) atoms. The van der Waals surface area contributed by atoms with E-state index in [1.54, 1.807) is 6.08 Å². The third kappa shape index (κ3) is 2.13. The lowest BCUT2D eigenvalue weighted by molar-refractivity contribution is 0.0283. The van der Waals surface area contributed by atoms with Gasteiger partial charge in [0.15, 0.2) is 6.17 Å². The predicted molar refractivity (Wildman–Crippen MR) is 36.2 cm³/mol. The Hall–Kier alpha value is -0.670. The van der Waals surface area contributed by atoms with E-state index in [0.717, 1.165) is 0 Å². The van der Waals surface area contributed by atoms with Crippen molar-refractivity contribution in [3.63, 3.8) is 0 Å². The Labute approximate surface area is 63.3 Å². The van der Waals surface area contributed by atoms with E-state index in [4.69, 9.17) is 0 Å². The maximum atomic E-state index is 12.6. The van der Waals surface area contributed by atoms with E-state index < -0.39 is 18.6 Å². The predicted octanol–water partition coefficient (Wildman–Crippen LogP) is 1.86. The summed E-state index contributed by atoms with van der Waals surface area (Å²) >= 11 is 0. The fourth-order valence-electron chi connectivity index (χ4n) is 1.06. The zero-order valence-electron chi connectivity index (χ0n) is 5.93. The van der Waals surface area contributed by atoms with Gasteiger partial charge >= 0.3 is 0 Å². The summed E-state index contributed by atoms with van der Waals surface area (Å²) in [5.41, 5.74) is 0. The van der Waals surface area contributed by atoms with Gasteiger partial charge in [-0.05, 0) is 19.0 Å². The Morgan fingerprint density at radius 2 is 2.09 bits per heavy atom. The van der Waals surface area contributed by atoms with Crippen LogP contribution in [-0.4, -0.2) is 18.6 Å². The highest BCUT2D eigenvalue weighted by molar-refractivity contribution is 4.93. The number of allylic oxidation sites excluding steroid dienone is 1. The molecule has 0 fully saturated rings. The summed E-state index contributed by atoms with van der Waals surface area (Å²) in [4.78, 5) is 0. The van der Waals surface area contributed by atoms with Crippen molar-refractivity contribution in [3.8, 4) is 0 Å². The fraction of sp³-hybridized carbons (Fsp3) is 0.714. The van der Waals surface area contributed by atoms with Crippen molar-refractivity contribution >= 4 is 0 Å². The summed E-state index contributed by atoms with van der Waals surface area (Å²) in [5.74, 6) is 0. The molecule has 2 atom stereocenters. The average molecular weight is 165 g/mol. The van der Waals surface area contributed by atoms with Gasteiger partial charge in [0.05, 0.1) is 6.04 Å². The van der Waals surface area contributed by atoms with Crippen LogP contribution in [0.15, 0.2) is 12.3 Å². The lowest BCUT2D eigenvalue weighted by atomic mass is 10.0. The normalized spacial score (nSPS) is 26.7. The lowest BCUT2D eigenvalue weighted by Crippen LogP contribution is -2.39. The molecule has 1 aliphatic rings. The number of alkyl halides is 3. The Bertz CT molecular complexity index is 147. The molecule has 64 valence electrons. The molecule has 1 nitrogen and oxygen atoms in total. The molecule has 0 amide bonds. The number of nitrogens with one attached hydrogen (secondary N) is 1. The van der Waals surface area contributed by atoms with Crippen molar-refractivity contribution in [1.82, 2.24) is 5.32 Å². The van der Waals surface area contributed by atoms with Gasteiger partial charge < -0.3 is 5.32 Å². The molecule has 0 aromatic rings. The summed E-state index contributed by atoms with van der Waals surface area (Å²) in [7, 11) is 0. The van der Waals surface area contributed by atoms with Gasteiger partial charge in [-0.15, -0.1) is 0 Å². The molecule has 0 aromatic carbocycles. The maximum absolute atomic E-state index is 12.6. The van der Waals surface area contributed by atoms with Gasteiger partial charge in [-0.1, -0.05) is 6.08 Å². The second kappa shape index (κ2) is 3.64. The molecule has 1 heterocycles. The molecular formula is C7H10F3N. The molecule has 4 heteroatoms. The molecule has 1 rings (SSSR count). The van der Waals surface area contributed by atoms with Gasteiger partial charge in [-0.3, -0.25) is 0 Å². The highest BCUT2D eigenvalue weighted by atomic mass is 19.3. The third-order valence-electron chi connectivity index (χ3n) is 1.70. The van der Waals surface area contributed by atoms with Gasteiger partial charge in [0, 0.05) is 0 Å². The van der Waals surface area contributed by atoms with Crippen LogP contribution in [0.1, 0.15) is 12.8 Å². The monoisotopic (exact) mass is 165 g/mol. The minimum atomic E-state index is -2.88. The second-order valence-electron chi connectivity index (χ2n) is 2.53. The smallest absolute Gasteiger partial charge is 0.271 e. The average Bonchev–Trinajstić information content (AvgIpc) is 2.05. The van der Waals surface area contributed by atoms with Crippen LogP contribution in [0.3, 0.4) is 0 Å². The minimum absolute atomic E-state index is 0.446. The van der Waals surface area contributed by atoms with Gasteiger partial charge in [0.1, 0.15) is 0 Å². The molecule has 0 saturated carbocycles. The first-order valence-electron chi connectivity index (χ1n) is 3.55. The van der Waals surface area contributed by atoms with E-state index in [1.807, 2.05) is 0 Å². The van der Waals surface area contributed by atoms with Crippen LogP contribution in [0.2, 0.25) is 0 Å².